The van der Waals surface area contributed by atoms with Crippen LogP contribution >= 0.6 is 46.6 Å². The first-order chi connectivity index (χ1) is 7.68. The van der Waals surface area contributed by atoms with E-state index in [0.717, 1.165) is 29.7 Å². The second-order valence-electron chi connectivity index (χ2n) is 3.67. The Labute approximate surface area is 125 Å². The van der Waals surface area contributed by atoms with Gasteiger partial charge in [0.2, 0.25) is 0 Å². The van der Waals surface area contributed by atoms with Crippen LogP contribution in [0, 0.1) is 3.57 Å². The molecule has 0 aliphatic carbocycles. The Hall–Kier alpha value is -0.0400. The third-order valence-electron chi connectivity index (χ3n) is 2.57. The predicted octanol–water partition coefficient (Wildman–Crippen LogP) is 2.41. The fourth-order valence-corrected chi connectivity index (χ4v) is 2.64. The molecule has 1 heterocycles. The monoisotopic (exact) mass is 386 g/mol. The molecule has 2 rings (SSSR count). The maximum atomic E-state index is 12.1. The number of carbonyl (C=O) groups excluding carboxylic acids is 1. The summed E-state index contributed by atoms with van der Waals surface area (Å²) in [5, 5.41) is 3.75. The molecule has 94 valence electrons. The van der Waals surface area contributed by atoms with Gasteiger partial charge in [0.15, 0.2) is 0 Å². The number of nitrogens with one attached hydrogen (secondary N) is 1. The van der Waals surface area contributed by atoms with Crippen molar-refractivity contribution in [1.29, 1.82) is 0 Å². The van der Waals surface area contributed by atoms with Gasteiger partial charge in [-0.1, -0.05) is 11.6 Å². The van der Waals surface area contributed by atoms with Gasteiger partial charge in [-0.15, -0.1) is 12.4 Å². The molecule has 6 heteroatoms. The van der Waals surface area contributed by atoms with E-state index in [1.54, 1.807) is 6.07 Å². The summed E-state index contributed by atoms with van der Waals surface area (Å²) in [6, 6.07) is 5.52. The number of carbonyl (C=O) groups is 1. The Balaban J connectivity index is 0.00000144. The molecular formula is C11H13Cl2IN2O. The minimum Gasteiger partial charge on any atom is -0.336 e. The Kier molecular flexibility index (Phi) is 5.99. The molecule has 3 nitrogen and oxygen atoms in total. The zero-order valence-corrected chi connectivity index (χ0v) is 12.8. The standard InChI is InChI=1S/C11H12ClIN2O.ClH/c12-10-7-8(13)1-2-9(10)11(16)15-5-3-14-4-6-15;/h1-2,7,14H,3-6H2;1H. The maximum Gasteiger partial charge on any atom is 0.255 e. The number of benzene rings is 1. The van der Waals surface area contributed by atoms with Crippen LogP contribution in [0.5, 0.6) is 0 Å². The summed E-state index contributed by atoms with van der Waals surface area (Å²) in [4.78, 5) is 14.0. The summed E-state index contributed by atoms with van der Waals surface area (Å²) in [7, 11) is 0. The second kappa shape index (κ2) is 6.78. The van der Waals surface area contributed by atoms with E-state index in [9.17, 15) is 4.79 Å². The van der Waals surface area contributed by atoms with Gasteiger partial charge in [-0.25, -0.2) is 0 Å². The van der Waals surface area contributed by atoms with Gasteiger partial charge in [-0.3, -0.25) is 4.79 Å². The molecule has 0 spiro atoms. The SMILES string of the molecule is Cl.O=C(c1ccc(I)cc1Cl)N1CCNCC1. The van der Waals surface area contributed by atoms with Gasteiger partial charge in [-0.2, -0.15) is 0 Å². The van der Waals surface area contributed by atoms with Gasteiger partial charge in [-0.05, 0) is 40.8 Å². The maximum absolute atomic E-state index is 12.1. The van der Waals surface area contributed by atoms with E-state index in [4.69, 9.17) is 11.6 Å². The van der Waals surface area contributed by atoms with Crippen molar-refractivity contribution >= 4 is 52.5 Å². The highest BCUT2D eigenvalue weighted by Crippen LogP contribution is 2.20. The molecule has 0 aromatic heterocycles. The van der Waals surface area contributed by atoms with E-state index < -0.39 is 0 Å². The molecule has 1 fully saturated rings. The minimum atomic E-state index is 0. The highest BCUT2D eigenvalue weighted by Gasteiger charge is 2.19. The highest BCUT2D eigenvalue weighted by molar-refractivity contribution is 14.1. The lowest BCUT2D eigenvalue weighted by Gasteiger charge is -2.27. The lowest BCUT2D eigenvalue weighted by Crippen LogP contribution is -2.46. The average Bonchev–Trinajstić information content (AvgIpc) is 2.29. The molecular weight excluding hydrogens is 374 g/mol. The van der Waals surface area contributed by atoms with E-state index in [0.29, 0.717) is 10.6 Å². The lowest BCUT2D eigenvalue weighted by molar-refractivity contribution is 0.0736. The number of rotatable bonds is 1. The number of piperazine rings is 1. The van der Waals surface area contributed by atoms with Gasteiger partial charge < -0.3 is 10.2 Å². The van der Waals surface area contributed by atoms with Crippen molar-refractivity contribution < 1.29 is 4.79 Å². The van der Waals surface area contributed by atoms with Crippen molar-refractivity contribution in [2.75, 3.05) is 26.2 Å². The van der Waals surface area contributed by atoms with Crippen molar-refractivity contribution in [1.82, 2.24) is 10.2 Å². The Bertz CT molecular complexity index is 408. The van der Waals surface area contributed by atoms with Crippen LogP contribution in [0.1, 0.15) is 10.4 Å². The number of amides is 1. The van der Waals surface area contributed by atoms with Crippen LogP contribution in [0.25, 0.3) is 0 Å². The summed E-state index contributed by atoms with van der Waals surface area (Å²) in [6.45, 7) is 3.21. The second-order valence-corrected chi connectivity index (χ2v) is 5.32. The topological polar surface area (TPSA) is 32.3 Å². The van der Waals surface area contributed by atoms with Crippen molar-refractivity contribution in [3.8, 4) is 0 Å². The zero-order valence-electron chi connectivity index (χ0n) is 9.08. The van der Waals surface area contributed by atoms with Crippen molar-refractivity contribution in [2.45, 2.75) is 0 Å². The lowest BCUT2D eigenvalue weighted by atomic mass is 10.2. The molecule has 0 radical (unpaired) electrons. The number of hydrogen-bond acceptors (Lipinski definition) is 2. The molecule has 1 saturated heterocycles. The predicted molar refractivity (Wildman–Crippen MR) is 80.2 cm³/mol. The van der Waals surface area contributed by atoms with E-state index in [1.165, 1.54) is 0 Å². The van der Waals surface area contributed by atoms with Crippen LogP contribution in [-0.4, -0.2) is 37.0 Å². The molecule has 17 heavy (non-hydrogen) atoms. The van der Waals surface area contributed by atoms with Crippen LogP contribution in [0.15, 0.2) is 18.2 Å². The largest absolute Gasteiger partial charge is 0.336 e. The van der Waals surface area contributed by atoms with Crippen LogP contribution in [0.2, 0.25) is 5.02 Å². The summed E-state index contributed by atoms with van der Waals surface area (Å²) in [6.07, 6.45) is 0. The van der Waals surface area contributed by atoms with E-state index in [-0.39, 0.29) is 18.3 Å². The van der Waals surface area contributed by atoms with Crippen LogP contribution in [0.3, 0.4) is 0 Å². The first-order valence-corrected chi connectivity index (χ1v) is 6.59. The van der Waals surface area contributed by atoms with Gasteiger partial charge >= 0.3 is 0 Å². The molecule has 0 unspecified atom stereocenters. The van der Waals surface area contributed by atoms with Crippen LogP contribution in [0.4, 0.5) is 0 Å². The minimum absolute atomic E-state index is 0. The molecule has 1 aromatic carbocycles. The molecule has 1 aromatic rings. The quantitative estimate of drug-likeness (QED) is 0.751. The van der Waals surface area contributed by atoms with E-state index in [1.807, 2.05) is 17.0 Å². The van der Waals surface area contributed by atoms with Gasteiger partial charge in [0.1, 0.15) is 0 Å². The molecule has 1 aliphatic heterocycles. The summed E-state index contributed by atoms with van der Waals surface area (Å²) >= 11 is 8.26. The normalized spacial score (nSPS) is 15.3. The first-order valence-electron chi connectivity index (χ1n) is 5.13. The first kappa shape index (κ1) is 15.0. The third kappa shape index (κ3) is 3.71. The van der Waals surface area contributed by atoms with Gasteiger partial charge in [0.05, 0.1) is 10.6 Å². The number of nitrogens with zero attached hydrogens (tertiary/aromatic N) is 1. The Morgan fingerprint density at radius 2 is 2.00 bits per heavy atom. The van der Waals surface area contributed by atoms with Crippen molar-refractivity contribution in [3.63, 3.8) is 0 Å². The third-order valence-corrected chi connectivity index (χ3v) is 3.55. The highest BCUT2D eigenvalue weighted by atomic mass is 127. The summed E-state index contributed by atoms with van der Waals surface area (Å²) < 4.78 is 1.04. The molecule has 1 N–H and O–H groups in total. The molecule has 0 atom stereocenters. The van der Waals surface area contributed by atoms with E-state index >= 15 is 0 Å². The number of halogens is 3. The van der Waals surface area contributed by atoms with Crippen LogP contribution in [-0.2, 0) is 0 Å². The Morgan fingerprint density at radius 1 is 1.35 bits per heavy atom. The molecule has 1 aliphatic rings. The van der Waals surface area contributed by atoms with E-state index in [2.05, 4.69) is 27.9 Å². The fraction of sp³-hybridized carbons (Fsp3) is 0.364. The summed E-state index contributed by atoms with van der Waals surface area (Å²) in [5.74, 6) is 0.0305. The summed E-state index contributed by atoms with van der Waals surface area (Å²) in [5.41, 5.74) is 0.601. The van der Waals surface area contributed by atoms with Crippen LogP contribution < -0.4 is 5.32 Å². The van der Waals surface area contributed by atoms with Gasteiger partial charge in [0.25, 0.3) is 5.91 Å². The van der Waals surface area contributed by atoms with Crippen molar-refractivity contribution in [3.05, 3.63) is 32.4 Å². The zero-order chi connectivity index (χ0) is 11.5. The Morgan fingerprint density at radius 3 is 2.59 bits per heavy atom. The number of hydrogen-bond donors (Lipinski definition) is 1. The molecule has 0 saturated carbocycles. The smallest absolute Gasteiger partial charge is 0.255 e. The van der Waals surface area contributed by atoms with Gasteiger partial charge in [0, 0.05) is 29.7 Å². The van der Waals surface area contributed by atoms with Crippen molar-refractivity contribution in [2.24, 2.45) is 0 Å². The fourth-order valence-electron chi connectivity index (χ4n) is 1.70. The average molecular weight is 387 g/mol. The molecule has 1 amide bonds. The molecule has 0 bridgehead atoms.